The predicted molar refractivity (Wildman–Crippen MR) is 80.5 cm³/mol. The van der Waals surface area contributed by atoms with Gasteiger partial charge < -0.3 is 5.73 Å². The van der Waals surface area contributed by atoms with Crippen molar-refractivity contribution in [3.8, 4) is 0 Å². The summed E-state index contributed by atoms with van der Waals surface area (Å²) in [5.41, 5.74) is 6.21. The van der Waals surface area contributed by atoms with Crippen LogP contribution in [0.3, 0.4) is 0 Å². The number of anilines is 2. The van der Waals surface area contributed by atoms with E-state index in [0.717, 1.165) is 0 Å². The van der Waals surface area contributed by atoms with Gasteiger partial charge in [0.05, 0.1) is 11.4 Å². The van der Waals surface area contributed by atoms with E-state index in [0.29, 0.717) is 4.47 Å². The van der Waals surface area contributed by atoms with Gasteiger partial charge in [0, 0.05) is 10.0 Å². The summed E-state index contributed by atoms with van der Waals surface area (Å²) >= 11 is 3.19. The second kappa shape index (κ2) is 5.41. The van der Waals surface area contributed by atoms with Gasteiger partial charge in [0.2, 0.25) is 0 Å². The number of sulfonamides is 1. The summed E-state index contributed by atoms with van der Waals surface area (Å²) in [4.78, 5) is -0.0597. The Hall–Kier alpha value is -1.60. The van der Waals surface area contributed by atoms with Gasteiger partial charge in [-0.2, -0.15) is 0 Å². The van der Waals surface area contributed by atoms with Crippen LogP contribution in [0, 0.1) is 12.7 Å². The molecule has 106 valence electrons. The Kier molecular flexibility index (Phi) is 4.01. The molecule has 7 heteroatoms. The zero-order valence-corrected chi connectivity index (χ0v) is 12.9. The Bertz CT molecular complexity index is 763. The van der Waals surface area contributed by atoms with Crippen LogP contribution in [-0.4, -0.2) is 8.42 Å². The summed E-state index contributed by atoms with van der Waals surface area (Å²) in [6.07, 6.45) is 0. The van der Waals surface area contributed by atoms with Crippen LogP contribution in [0.5, 0.6) is 0 Å². The van der Waals surface area contributed by atoms with Crippen molar-refractivity contribution in [1.82, 2.24) is 0 Å². The van der Waals surface area contributed by atoms with Crippen molar-refractivity contribution in [2.24, 2.45) is 0 Å². The molecule has 0 saturated carbocycles. The molecular weight excluding hydrogens is 347 g/mol. The van der Waals surface area contributed by atoms with E-state index in [-0.39, 0.29) is 21.8 Å². The Labute approximate surface area is 125 Å². The average molecular weight is 359 g/mol. The number of hydrogen-bond acceptors (Lipinski definition) is 3. The molecule has 4 nitrogen and oxygen atoms in total. The minimum Gasteiger partial charge on any atom is -0.398 e. The first-order valence-electron chi connectivity index (χ1n) is 5.64. The zero-order chi connectivity index (χ0) is 14.9. The van der Waals surface area contributed by atoms with Gasteiger partial charge in [0.15, 0.2) is 0 Å². The van der Waals surface area contributed by atoms with E-state index in [1.807, 2.05) is 0 Å². The molecule has 0 bridgehead atoms. The molecular formula is C13H12BrFN2O2S. The van der Waals surface area contributed by atoms with Crippen molar-refractivity contribution in [2.45, 2.75) is 11.8 Å². The molecule has 0 atom stereocenters. The molecule has 2 rings (SSSR count). The molecule has 0 amide bonds. The number of benzene rings is 2. The zero-order valence-electron chi connectivity index (χ0n) is 10.5. The fraction of sp³-hybridized carbons (Fsp3) is 0.0769. The van der Waals surface area contributed by atoms with Crippen LogP contribution in [-0.2, 0) is 10.0 Å². The summed E-state index contributed by atoms with van der Waals surface area (Å²) in [5, 5.41) is 0. The van der Waals surface area contributed by atoms with Crippen LogP contribution in [0.15, 0.2) is 45.8 Å². The lowest BCUT2D eigenvalue weighted by atomic mass is 10.2. The molecule has 0 radical (unpaired) electrons. The lowest BCUT2D eigenvalue weighted by Gasteiger charge is -2.12. The van der Waals surface area contributed by atoms with Crippen molar-refractivity contribution in [3.05, 3.63) is 52.3 Å². The molecule has 0 unspecified atom stereocenters. The monoisotopic (exact) mass is 358 g/mol. The van der Waals surface area contributed by atoms with Crippen LogP contribution in [0.4, 0.5) is 15.8 Å². The molecule has 0 aliphatic heterocycles. The van der Waals surface area contributed by atoms with Gasteiger partial charge in [-0.15, -0.1) is 0 Å². The first-order chi connectivity index (χ1) is 9.31. The molecule has 0 fully saturated rings. The fourth-order valence-electron chi connectivity index (χ4n) is 1.66. The maximum atomic E-state index is 13.4. The Morgan fingerprint density at radius 1 is 1.25 bits per heavy atom. The van der Waals surface area contributed by atoms with Gasteiger partial charge >= 0.3 is 0 Å². The number of halogens is 2. The lowest BCUT2D eigenvalue weighted by Crippen LogP contribution is -2.15. The molecule has 3 N–H and O–H groups in total. The van der Waals surface area contributed by atoms with Crippen LogP contribution < -0.4 is 10.5 Å². The number of hydrogen-bond donors (Lipinski definition) is 2. The van der Waals surface area contributed by atoms with Gasteiger partial charge in [-0.05, 0) is 37.3 Å². The maximum absolute atomic E-state index is 13.4. The summed E-state index contributed by atoms with van der Waals surface area (Å²) in [7, 11) is -3.88. The highest BCUT2D eigenvalue weighted by molar-refractivity contribution is 9.10. The van der Waals surface area contributed by atoms with E-state index < -0.39 is 15.8 Å². The summed E-state index contributed by atoms with van der Waals surface area (Å²) in [6, 6.07) is 8.71. The van der Waals surface area contributed by atoms with E-state index in [4.69, 9.17) is 5.73 Å². The molecule has 0 spiro atoms. The third-order valence-electron chi connectivity index (χ3n) is 2.78. The second-order valence-corrected chi connectivity index (χ2v) is 6.77. The standard InChI is InChI=1S/C13H12BrFN2O2S/c1-8-10(15)3-2-4-12(8)17-20(18,19)13-7-9(14)5-6-11(13)16/h2-7,17H,16H2,1H3. The smallest absolute Gasteiger partial charge is 0.263 e. The van der Waals surface area contributed by atoms with E-state index in [1.54, 1.807) is 6.07 Å². The van der Waals surface area contributed by atoms with E-state index in [1.165, 1.54) is 37.3 Å². The van der Waals surface area contributed by atoms with Crippen LogP contribution in [0.2, 0.25) is 0 Å². The van der Waals surface area contributed by atoms with Crippen molar-refractivity contribution in [2.75, 3.05) is 10.5 Å². The molecule has 2 aromatic rings. The van der Waals surface area contributed by atoms with Gasteiger partial charge in [0.1, 0.15) is 10.7 Å². The van der Waals surface area contributed by atoms with E-state index in [9.17, 15) is 12.8 Å². The number of rotatable bonds is 3. The van der Waals surface area contributed by atoms with Gasteiger partial charge in [-0.3, -0.25) is 4.72 Å². The van der Waals surface area contributed by atoms with Crippen molar-refractivity contribution in [1.29, 1.82) is 0 Å². The minimum absolute atomic E-state index is 0.0597. The molecule has 2 aromatic carbocycles. The number of nitrogen functional groups attached to an aromatic ring is 1. The highest BCUT2D eigenvalue weighted by Gasteiger charge is 2.19. The number of nitrogens with two attached hydrogens (primary N) is 1. The molecule has 0 aromatic heterocycles. The molecule has 0 heterocycles. The van der Waals surface area contributed by atoms with Crippen LogP contribution in [0.25, 0.3) is 0 Å². The third-order valence-corrected chi connectivity index (χ3v) is 4.69. The Morgan fingerprint density at radius 3 is 2.65 bits per heavy atom. The summed E-state index contributed by atoms with van der Waals surface area (Å²) in [5.74, 6) is -0.479. The minimum atomic E-state index is -3.88. The van der Waals surface area contributed by atoms with E-state index in [2.05, 4.69) is 20.7 Å². The normalized spacial score (nSPS) is 11.3. The molecule has 0 aliphatic rings. The van der Waals surface area contributed by atoms with Crippen LogP contribution in [0.1, 0.15) is 5.56 Å². The second-order valence-electron chi connectivity index (χ2n) is 4.20. The number of nitrogens with one attached hydrogen (secondary N) is 1. The first kappa shape index (κ1) is 14.8. The van der Waals surface area contributed by atoms with Crippen molar-refractivity contribution in [3.63, 3.8) is 0 Å². The Morgan fingerprint density at radius 2 is 1.95 bits per heavy atom. The van der Waals surface area contributed by atoms with Gasteiger partial charge in [-0.25, -0.2) is 12.8 Å². The maximum Gasteiger partial charge on any atom is 0.263 e. The molecule has 0 saturated heterocycles. The van der Waals surface area contributed by atoms with E-state index >= 15 is 0 Å². The van der Waals surface area contributed by atoms with Gasteiger partial charge in [-0.1, -0.05) is 22.0 Å². The summed E-state index contributed by atoms with van der Waals surface area (Å²) in [6.45, 7) is 1.50. The Balaban J connectivity index is 2.46. The summed E-state index contributed by atoms with van der Waals surface area (Å²) < 4.78 is 41.0. The van der Waals surface area contributed by atoms with Crippen LogP contribution >= 0.6 is 15.9 Å². The largest absolute Gasteiger partial charge is 0.398 e. The average Bonchev–Trinajstić information content (AvgIpc) is 2.37. The molecule has 0 aliphatic carbocycles. The molecule has 20 heavy (non-hydrogen) atoms. The van der Waals surface area contributed by atoms with Crippen molar-refractivity contribution >= 4 is 37.3 Å². The SMILES string of the molecule is Cc1c(F)cccc1NS(=O)(=O)c1cc(Br)ccc1N. The predicted octanol–water partition coefficient (Wildman–Crippen LogP) is 3.28. The third kappa shape index (κ3) is 2.94. The fourth-order valence-corrected chi connectivity index (χ4v) is 3.45. The highest BCUT2D eigenvalue weighted by Crippen LogP contribution is 2.26. The highest BCUT2D eigenvalue weighted by atomic mass is 79.9. The topological polar surface area (TPSA) is 72.2 Å². The van der Waals surface area contributed by atoms with Gasteiger partial charge in [0.25, 0.3) is 10.0 Å². The lowest BCUT2D eigenvalue weighted by molar-refractivity contribution is 0.601. The first-order valence-corrected chi connectivity index (χ1v) is 7.92. The quantitative estimate of drug-likeness (QED) is 0.827. The van der Waals surface area contributed by atoms with Crippen molar-refractivity contribution < 1.29 is 12.8 Å².